The van der Waals surface area contributed by atoms with Gasteiger partial charge in [-0.15, -0.1) is 0 Å². The lowest BCUT2D eigenvalue weighted by molar-refractivity contribution is 0.0275. The molecule has 0 aliphatic carbocycles. The molecular weight excluding hydrogens is 152 g/mol. The van der Waals surface area contributed by atoms with Crippen LogP contribution < -0.4 is 0 Å². The third kappa shape index (κ3) is 2.32. The molecule has 0 aliphatic heterocycles. The summed E-state index contributed by atoms with van der Waals surface area (Å²) in [5.74, 6) is 0. The minimum atomic E-state index is 0.0520. The molecule has 0 aliphatic rings. The molecule has 0 spiro atoms. The second-order valence-electron chi connectivity index (χ2n) is 2.59. The van der Waals surface area contributed by atoms with Crippen molar-refractivity contribution in [2.24, 2.45) is 0 Å². The Balaban J connectivity index is 2.66. The van der Waals surface area contributed by atoms with Crippen molar-refractivity contribution in [3.05, 3.63) is 35.9 Å². The minimum absolute atomic E-state index is 0.0520. The van der Waals surface area contributed by atoms with Crippen LogP contribution in [0, 0.1) is 0 Å². The van der Waals surface area contributed by atoms with Crippen LogP contribution in [0.15, 0.2) is 30.3 Å². The fourth-order valence-electron chi connectivity index (χ4n) is 1.12. The van der Waals surface area contributed by atoms with Crippen LogP contribution in [0.3, 0.4) is 0 Å². The highest BCUT2D eigenvalue weighted by molar-refractivity contribution is 5.17. The van der Waals surface area contributed by atoms with E-state index in [0.717, 1.165) is 5.56 Å². The predicted molar refractivity (Wildman–Crippen MR) is 48.1 cm³/mol. The van der Waals surface area contributed by atoms with E-state index < -0.39 is 0 Å². The first-order chi connectivity index (χ1) is 5.88. The number of hydrogen-bond donors (Lipinski definition) is 0. The normalized spacial score (nSPS) is 12.8. The largest absolute Gasteiger partial charge is 0.382 e. The molecule has 1 atom stereocenters. The van der Waals surface area contributed by atoms with Crippen molar-refractivity contribution in [3.8, 4) is 0 Å². The van der Waals surface area contributed by atoms with Crippen molar-refractivity contribution in [2.45, 2.75) is 6.10 Å². The molecule has 0 radical (unpaired) electrons. The number of ether oxygens (including phenoxy) is 2. The second kappa shape index (κ2) is 4.91. The van der Waals surface area contributed by atoms with Gasteiger partial charge in [-0.2, -0.15) is 0 Å². The average molecular weight is 166 g/mol. The Morgan fingerprint density at radius 3 is 2.33 bits per heavy atom. The Bertz CT molecular complexity index is 208. The van der Waals surface area contributed by atoms with E-state index >= 15 is 0 Å². The van der Waals surface area contributed by atoms with Gasteiger partial charge in [0.1, 0.15) is 6.10 Å². The van der Waals surface area contributed by atoms with Crippen LogP contribution in [0.5, 0.6) is 0 Å². The summed E-state index contributed by atoms with van der Waals surface area (Å²) in [6.45, 7) is 0.598. The van der Waals surface area contributed by atoms with Gasteiger partial charge in [0, 0.05) is 14.2 Å². The van der Waals surface area contributed by atoms with Crippen molar-refractivity contribution in [1.82, 2.24) is 0 Å². The Labute approximate surface area is 73.1 Å². The molecule has 0 heterocycles. The predicted octanol–water partition coefficient (Wildman–Crippen LogP) is 2.02. The molecule has 1 aromatic carbocycles. The maximum Gasteiger partial charge on any atom is 0.105 e. The van der Waals surface area contributed by atoms with Gasteiger partial charge < -0.3 is 9.47 Å². The van der Waals surface area contributed by atoms with E-state index in [0.29, 0.717) is 6.61 Å². The van der Waals surface area contributed by atoms with Crippen LogP contribution in [0.1, 0.15) is 11.7 Å². The molecular formula is C10H14O2. The lowest BCUT2D eigenvalue weighted by Crippen LogP contribution is -2.07. The van der Waals surface area contributed by atoms with Crippen LogP contribution >= 0.6 is 0 Å². The van der Waals surface area contributed by atoms with Gasteiger partial charge in [0.15, 0.2) is 0 Å². The van der Waals surface area contributed by atoms with Crippen molar-refractivity contribution in [1.29, 1.82) is 0 Å². The smallest absolute Gasteiger partial charge is 0.105 e. The summed E-state index contributed by atoms with van der Waals surface area (Å²) in [6.07, 6.45) is 0.0520. The molecule has 0 N–H and O–H groups in total. The molecule has 0 aromatic heterocycles. The van der Waals surface area contributed by atoms with Gasteiger partial charge in [-0.3, -0.25) is 0 Å². The Hall–Kier alpha value is -0.860. The fraction of sp³-hybridized carbons (Fsp3) is 0.400. The van der Waals surface area contributed by atoms with Crippen LogP contribution in [-0.4, -0.2) is 20.8 Å². The summed E-state index contributed by atoms with van der Waals surface area (Å²) in [4.78, 5) is 0. The maximum absolute atomic E-state index is 5.25. The second-order valence-corrected chi connectivity index (χ2v) is 2.59. The third-order valence-electron chi connectivity index (χ3n) is 1.77. The van der Waals surface area contributed by atoms with Crippen molar-refractivity contribution >= 4 is 0 Å². The van der Waals surface area contributed by atoms with E-state index in [1.807, 2.05) is 30.3 Å². The van der Waals surface area contributed by atoms with Crippen LogP contribution in [0.2, 0.25) is 0 Å². The lowest BCUT2D eigenvalue weighted by Gasteiger charge is -2.13. The summed E-state index contributed by atoms with van der Waals surface area (Å²) in [7, 11) is 3.37. The first-order valence-electron chi connectivity index (χ1n) is 3.95. The van der Waals surface area contributed by atoms with Gasteiger partial charge >= 0.3 is 0 Å². The highest BCUT2D eigenvalue weighted by Crippen LogP contribution is 2.15. The number of hydrogen-bond acceptors (Lipinski definition) is 2. The zero-order chi connectivity index (χ0) is 8.81. The zero-order valence-corrected chi connectivity index (χ0v) is 7.49. The first kappa shape index (κ1) is 9.23. The number of benzene rings is 1. The summed E-state index contributed by atoms with van der Waals surface area (Å²) in [5, 5.41) is 0. The molecule has 12 heavy (non-hydrogen) atoms. The molecule has 0 bridgehead atoms. The van der Waals surface area contributed by atoms with Crippen molar-refractivity contribution < 1.29 is 9.47 Å². The summed E-state index contributed by atoms with van der Waals surface area (Å²) in [6, 6.07) is 10.1. The summed E-state index contributed by atoms with van der Waals surface area (Å²) < 4.78 is 10.3. The van der Waals surface area contributed by atoms with Crippen LogP contribution in [0.25, 0.3) is 0 Å². The van der Waals surface area contributed by atoms with E-state index in [2.05, 4.69) is 0 Å². The molecule has 1 unspecified atom stereocenters. The molecule has 1 rings (SSSR count). The highest BCUT2D eigenvalue weighted by Gasteiger charge is 2.07. The SMILES string of the molecule is COCC(OC)c1ccccc1. The van der Waals surface area contributed by atoms with E-state index in [1.54, 1.807) is 14.2 Å². The molecule has 0 saturated carbocycles. The van der Waals surface area contributed by atoms with Gasteiger partial charge in [0.2, 0.25) is 0 Å². The molecule has 2 heteroatoms. The Morgan fingerprint density at radius 1 is 1.17 bits per heavy atom. The molecule has 66 valence electrons. The Kier molecular flexibility index (Phi) is 3.77. The number of methoxy groups -OCH3 is 2. The molecule has 0 saturated heterocycles. The average Bonchev–Trinajstić information content (AvgIpc) is 2.15. The summed E-state index contributed by atoms with van der Waals surface area (Å²) >= 11 is 0. The van der Waals surface area contributed by atoms with E-state index in [9.17, 15) is 0 Å². The van der Waals surface area contributed by atoms with E-state index in [4.69, 9.17) is 9.47 Å². The standard InChI is InChI=1S/C10H14O2/c1-11-8-10(12-2)9-6-4-3-5-7-9/h3-7,10H,8H2,1-2H3. The zero-order valence-electron chi connectivity index (χ0n) is 7.49. The molecule has 1 aromatic rings. The summed E-state index contributed by atoms with van der Waals surface area (Å²) in [5.41, 5.74) is 1.15. The van der Waals surface area contributed by atoms with Gasteiger partial charge in [-0.25, -0.2) is 0 Å². The third-order valence-corrected chi connectivity index (χ3v) is 1.77. The van der Waals surface area contributed by atoms with E-state index in [-0.39, 0.29) is 6.10 Å². The first-order valence-corrected chi connectivity index (χ1v) is 3.95. The molecule has 2 nitrogen and oxygen atoms in total. The minimum Gasteiger partial charge on any atom is -0.382 e. The number of rotatable bonds is 4. The fourth-order valence-corrected chi connectivity index (χ4v) is 1.12. The van der Waals surface area contributed by atoms with Gasteiger partial charge in [0.05, 0.1) is 6.61 Å². The maximum atomic E-state index is 5.25. The lowest BCUT2D eigenvalue weighted by atomic mass is 10.1. The van der Waals surface area contributed by atoms with Crippen molar-refractivity contribution in [3.63, 3.8) is 0 Å². The van der Waals surface area contributed by atoms with Crippen molar-refractivity contribution in [2.75, 3.05) is 20.8 Å². The highest BCUT2D eigenvalue weighted by atomic mass is 16.5. The van der Waals surface area contributed by atoms with Gasteiger partial charge in [0.25, 0.3) is 0 Å². The van der Waals surface area contributed by atoms with Crippen LogP contribution in [-0.2, 0) is 9.47 Å². The Morgan fingerprint density at radius 2 is 1.83 bits per heavy atom. The monoisotopic (exact) mass is 166 g/mol. The van der Waals surface area contributed by atoms with Gasteiger partial charge in [-0.1, -0.05) is 30.3 Å². The van der Waals surface area contributed by atoms with Gasteiger partial charge in [-0.05, 0) is 5.56 Å². The van der Waals surface area contributed by atoms with Crippen LogP contribution in [0.4, 0.5) is 0 Å². The molecule has 0 fully saturated rings. The molecule has 0 amide bonds. The topological polar surface area (TPSA) is 18.5 Å². The quantitative estimate of drug-likeness (QED) is 0.681. The van der Waals surface area contributed by atoms with E-state index in [1.165, 1.54) is 0 Å².